The minimum Gasteiger partial charge on any atom is -0.371 e. The van der Waals surface area contributed by atoms with E-state index < -0.39 is 0 Å². The summed E-state index contributed by atoms with van der Waals surface area (Å²) in [5.74, 6) is 1.91. The molecule has 1 aliphatic rings. The van der Waals surface area contributed by atoms with Gasteiger partial charge < -0.3 is 15.0 Å². The lowest BCUT2D eigenvalue weighted by Crippen LogP contribution is -2.25. The van der Waals surface area contributed by atoms with Crippen molar-refractivity contribution in [3.63, 3.8) is 0 Å². The number of anilines is 2. The van der Waals surface area contributed by atoms with Crippen LogP contribution in [0.15, 0.2) is 24.3 Å². The highest BCUT2D eigenvalue weighted by atomic mass is 35.5. The van der Waals surface area contributed by atoms with Crippen LogP contribution in [0.3, 0.4) is 0 Å². The molecule has 0 radical (unpaired) electrons. The minimum absolute atomic E-state index is 0.0351. The minimum atomic E-state index is -0.0351. The molecule has 2 atom stereocenters. The van der Waals surface area contributed by atoms with Gasteiger partial charge in [0.2, 0.25) is 11.9 Å². The number of hydrogen-bond acceptors (Lipinski definition) is 6. The molecule has 23 heavy (non-hydrogen) atoms. The quantitative estimate of drug-likeness (QED) is 0.928. The third-order valence-corrected chi connectivity index (χ3v) is 3.99. The summed E-state index contributed by atoms with van der Waals surface area (Å²) in [6.07, 6.45) is 0.863. The first-order valence-corrected chi connectivity index (χ1v) is 7.94. The molecular formula is C16H20ClN5O. The van der Waals surface area contributed by atoms with Gasteiger partial charge in [-0.3, -0.25) is 0 Å². The van der Waals surface area contributed by atoms with E-state index in [1.54, 1.807) is 0 Å². The van der Waals surface area contributed by atoms with Crippen molar-refractivity contribution in [1.29, 1.82) is 0 Å². The normalized spacial score (nSPS) is 20.5. The zero-order valence-corrected chi connectivity index (χ0v) is 14.2. The van der Waals surface area contributed by atoms with Gasteiger partial charge in [0.25, 0.3) is 0 Å². The van der Waals surface area contributed by atoms with Crippen molar-refractivity contribution in [1.82, 2.24) is 15.0 Å². The molecule has 1 N–H and O–H groups in total. The van der Waals surface area contributed by atoms with Crippen LogP contribution in [0.5, 0.6) is 0 Å². The summed E-state index contributed by atoms with van der Waals surface area (Å²) in [6, 6.07) is 7.88. The molecule has 122 valence electrons. The molecule has 1 fully saturated rings. The van der Waals surface area contributed by atoms with Gasteiger partial charge in [0.05, 0.1) is 6.04 Å². The molecule has 7 heteroatoms. The average Bonchev–Trinajstić information content (AvgIpc) is 2.95. The van der Waals surface area contributed by atoms with E-state index in [2.05, 4.69) is 20.3 Å². The van der Waals surface area contributed by atoms with Crippen LogP contribution in [0.4, 0.5) is 11.9 Å². The van der Waals surface area contributed by atoms with Crippen molar-refractivity contribution in [3.05, 3.63) is 40.7 Å². The lowest BCUT2D eigenvalue weighted by molar-refractivity contribution is 0.107. The Kier molecular flexibility index (Phi) is 4.63. The van der Waals surface area contributed by atoms with Gasteiger partial charge in [0, 0.05) is 25.7 Å². The van der Waals surface area contributed by atoms with Gasteiger partial charge in [-0.2, -0.15) is 15.0 Å². The summed E-state index contributed by atoms with van der Waals surface area (Å²) in [5, 5.41) is 4.12. The van der Waals surface area contributed by atoms with Gasteiger partial charge >= 0.3 is 0 Å². The smallest absolute Gasteiger partial charge is 0.229 e. The molecule has 0 spiro atoms. The maximum atomic E-state index is 5.96. The molecule has 2 unspecified atom stereocenters. The topological polar surface area (TPSA) is 63.2 Å². The molecule has 6 nitrogen and oxygen atoms in total. The summed E-state index contributed by atoms with van der Waals surface area (Å²) in [5.41, 5.74) is 1.10. The van der Waals surface area contributed by atoms with Crippen LogP contribution in [0.25, 0.3) is 0 Å². The Labute approximate surface area is 140 Å². The standard InChI is InChI=1S/C16H20ClN5O/c1-10-18-15(21-16(19-10)22(2)3)20-13-8-9-23-14(13)11-4-6-12(17)7-5-11/h4-7,13-14H,8-9H2,1-3H3,(H,18,19,20,21). The van der Waals surface area contributed by atoms with Crippen LogP contribution in [-0.2, 0) is 4.74 Å². The second-order valence-corrected chi connectivity index (χ2v) is 6.22. The fourth-order valence-corrected chi connectivity index (χ4v) is 2.74. The lowest BCUT2D eigenvalue weighted by Gasteiger charge is -2.21. The monoisotopic (exact) mass is 333 g/mol. The summed E-state index contributed by atoms with van der Waals surface area (Å²) in [6.45, 7) is 2.57. The van der Waals surface area contributed by atoms with Gasteiger partial charge in [-0.1, -0.05) is 23.7 Å². The Bertz CT molecular complexity index is 677. The van der Waals surface area contributed by atoms with Crippen molar-refractivity contribution in [2.24, 2.45) is 0 Å². The number of hydrogen-bond donors (Lipinski definition) is 1. The second kappa shape index (κ2) is 6.68. The first kappa shape index (κ1) is 16.0. The average molecular weight is 334 g/mol. The fourth-order valence-electron chi connectivity index (χ4n) is 2.62. The van der Waals surface area contributed by atoms with Crippen molar-refractivity contribution in [2.75, 3.05) is 30.9 Å². The predicted octanol–water partition coefficient (Wildman–Crippen LogP) is 2.84. The van der Waals surface area contributed by atoms with Crippen LogP contribution in [0.1, 0.15) is 23.9 Å². The third-order valence-electron chi connectivity index (χ3n) is 3.74. The van der Waals surface area contributed by atoms with Crippen LogP contribution >= 0.6 is 11.6 Å². The van der Waals surface area contributed by atoms with Crippen molar-refractivity contribution < 1.29 is 4.74 Å². The molecular weight excluding hydrogens is 314 g/mol. The molecule has 0 bridgehead atoms. The molecule has 2 aromatic rings. The number of aryl methyl sites for hydroxylation is 1. The number of rotatable bonds is 4. The summed E-state index contributed by atoms with van der Waals surface area (Å²) < 4.78 is 5.88. The molecule has 0 amide bonds. The molecule has 1 aliphatic heterocycles. The maximum absolute atomic E-state index is 5.96. The summed E-state index contributed by atoms with van der Waals surface area (Å²) in [4.78, 5) is 15.0. The first-order valence-electron chi connectivity index (χ1n) is 7.56. The molecule has 2 heterocycles. The van der Waals surface area contributed by atoms with Crippen molar-refractivity contribution in [3.8, 4) is 0 Å². The number of nitrogens with zero attached hydrogens (tertiary/aromatic N) is 4. The number of ether oxygens (including phenoxy) is 1. The summed E-state index contributed by atoms with van der Waals surface area (Å²) in [7, 11) is 3.82. The Hall–Kier alpha value is -1.92. The predicted molar refractivity (Wildman–Crippen MR) is 91.1 cm³/mol. The van der Waals surface area contributed by atoms with E-state index in [0.717, 1.165) is 17.0 Å². The van der Waals surface area contributed by atoms with E-state index in [1.807, 2.05) is 50.2 Å². The zero-order valence-electron chi connectivity index (χ0n) is 13.5. The van der Waals surface area contributed by atoms with Gasteiger partial charge in [-0.25, -0.2) is 0 Å². The van der Waals surface area contributed by atoms with Crippen LogP contribution in [-0.4, -0.2) is 41.7 Å². The largest absolute Gasteiger partial charge is 0.371 e. The molecule has 3 rings (SSSR count). The fraction of sp³-hybridized carbons (Fsp3) is 0.438. The highest BCUT2D eigenvalue weighted by Gasteiger charge is 2.30. The van der Waals surface area contributed by atoms with Crippen molar-refractivity contribution in [2.45, 2.75) is 25.5 Å². The Morgan fingerprint density at radius 3 is 2.61 bits per heavy atom. The molecule has 0 saturated carbocycles. The first-order chi connectivity index (χ1) is 11.0. The van der Waals surface area contributed by atoms with Crippen LogP contribution in [0, 0.1) is 6.92 Å². The van der Waals surface area contributed by atoms with Crippen molar-refractivity contribution >= 4 is 23.5 Å². The molecule has 0 aliphatic carbocycles. The Balaban J connectivity index is 1.80. The van der Waals surface area contributed by atoms with Gasteiger partial charge in [-0.05, 0) is 31.0 Å². The highest BCUT2D eigenvalue weighted by Crippen LogP contribution is 2.31. The Morgan fingerprint density at radius 2 is 1.91 bits per heavy atom. The van der Waals surface area contributed by atoms with E-state index in [4.69, 9.17) is 16.3 Å². The molecule has 1 aromatic heterocycles. The second-order valence-electron chi connectivity index (χ2n) is 5.78. The van der Waals surface area contributed by atoms with Crippen LogP contribution < -0.4 is 10.2 Å². The highest BCUT2D eigenvalue weighted by molar-refractivity contribution is 6.30. The van der Waals surface area contributed by atoms with E-state index >= 15 is 0 Å². The Morgan fingerprint density at radius 1 is 1.17 bits per heavy atom. The van der Waals surface area contributed by atoms with E-state index in [9.17, 15) is 0 Å². The van der Waals surface area contributed by atoms with E-state index in [1.165, 1.54) is 0 Å². The number of halogens is 1. The SMILES string of the molecule is Cc1nc(NC2CCOC2c2ccc(Cl)cc2)nc(N(C)C)n1. The van der Waals surface area contributed by atoms with E-state index in [-0.39, 0.29) is 12.1 Å². The zero-order chi connectivity index (χ0) is 16.4. The van der Waals surface area contributed by atoms with Crippen LogP contribution in [0.2, 0.25) is 5.02 Å². The van der Waals surface area contributed by atoms with Gasteiger partial charge in [-0.15, -0.1) is 0 Å². The molecule has 1 aromatic carbocycles. The number of benzene rings is 1. The maximum Gasteiger partial charge on any atom is 0.229 e. The van der Waals surface area contributed by atoms with E-state index in [0.29, 0.717) is 24.3 Å². The van der Waals surface area contributed by atoms with Gasteiger partial charge in [0.15, 0.2) is 0 Å². The summed E-state index contributed by atoms with van der Waals surface area (Å²) >= 11 is 5.96. The third kappa shape index (κ3) is 3.71. The van der Waals surface area contributed by atoms with Gasteiger partial charge in [0.1, 0.15) is 11.9 Å². The molecule has 1 saturated heterocycles. The number of nitrogens with one attached hydrogen (secondary N) is 1. The lowest BCUT2D eigenvalue weighted by atomic mass is 10.0. The number of aromatic nitrogens is 3.